The molecule has 3 aromatic rings. The van der Waals surface area contributed by atoms with E-state index in [1.165, 1.54) is 12.1 Å². The monoisotopic (exact) mass is 472 g/mol. The van der Waals surface area contributed by atoms with Gasteiger partial charge in [-0.15, -0.1) is 0 Å². The number of likely N-dealkylation sites (tertiary alicyclic amines) is 1. The van der Waals surface area contributed by atoms with Gasteiger partial charge in [0.05, 0.1) is 12.0 Å². The highest BCUT2D eigenvalue weighted by molar-refractivity contribution is 9.10. The highest BCUT2D eigenvalue weighted by Crippen LogP contribution is 2.29. The molecule has 6 nitrogen and oxygen atoms in total. The minimum absolute atomic E-state index is 0.0384. The van der Waals surface area contributed by atoms with Crippen LogP contribution in [0.25, 0.3) is 11.4 Å². The van der Waals surface area contributed by atoms with E-state index in [1.54, 1.807) is 12.1 Å². The molecule has 1 N–H and O–H groups in total. The number of carbonyl (C=O) groups excluding carboxylic acids is 1. The molecule has 1 saturated heterocycles. The Bertz CT molecular complexity index is 1020. The first-order chi connectivity index (χ1) is 14.5. The minimum atomic E-state index is -0.340. The molecule has 2 unspecified atom stereocenters. The van der Waals surface area contributed by atoms with Crippen LogP contribution in [0.5, 0.6) is 0 Å². The largest absolute Gasteiger partial charge is 0.339 e. The lowest BCUT2D eigenvalue weighted by atomic mass is 9.96. The number of nitrogens with one attached hydrogen (secondary N) is 1. The molecular weight excluding hydrogens is 451 g/mol. The van der Waals surface area contributed by atoms with Crippen LogP contribution in [-0.2, 0) is 4.79 Å². The van der Waals surface area contributed by atoms with Gasteiger partial charge in [-0.25, -0.2) is 4.39 Å². The zero-order valence-electron chi connectivity index (χ0n) is 16.5. The van der Waals surface area contributed by atoms with E-state index in [-0.39, 0.29) is 23.7 Å². The number of halogens is 2. The Hall–Kier alpha value is -2.58. The molecule has 0 radical (unpaired) electrons. The number of carbonyl (C=O) groups is 1. The fourth-order valence-electron chi connectivity index (χ4n) is 3.65. The van der Waals surface area contributed by atoms with Crippen LogP contribution in [0.4, 0.5) is 10.1 Å². The van der Waals surface area contributed by atoms with E-state index in [9.17, 15) is 9.18 Å². The standard InChI is InChI=1S/C22H22BrFN4O2/c1-14(21(29)25-19-9-7-17(23)8-10-19)28-11-3-5-16(13-28)22-26-20(27-30-22)15-4-2-6-18(24)12-15/h2,4,6-10,12,14,16H,3,5,11,13H2,1H3,(H,25,29). The molecule has 1 fully saturated rings. The average molecular weight is 473 g/mol. The van der Waals surface area contributed by atoms with Crippen molar-refractivity contribution in [3.8, 4) is 11.4 Å². The molecule has 1 amide bonds. The van der Waals surface area contributed by atoms with E-state index in [4.69, 9.17) is 4.52 Å². The third-order valence-electron chi connectivity index (χ3n) is 5.37. The van der Waals surface area contributed by atoms with Gasteiger partial charge in [0, 0.05) is 22.3 Å². The first kappa shape index (κ1) is 20.7. The summed E-state index contributed by atoms with van der Waals surface area (Å²) in [6, 6.07) is 13.3. The van der Waals surface area contributed by atoms with E-state index < -0.39 is 0 Å². The van der Waals surface area contributed by atoms with Crippen LogP contribution in [0.15, 0.2) is 57.5 Å². The molecule has 2 atom stereocenters. The van der Waals surface area contributed by atoms with Gasteiger partial charge in [-0.1, -0.05) is 33.2 Å². The molecule has 30 heavy (non-hydrogen) atoms. The number of hydrogen-bond donors (Lipinski definition) is 1. The summed E-state index contributed by atoms with van der Waals surface area (Å²) in [6.07, 6.45) is 1.83. The number of nitrogens with zero attached hydrogens (tertiary/aromatic N) is 3. The number of aromatic nitrogens is 2. The van der Waals surface area contributed by atoms with Crippen molar-refractivity contribution in [1.29, 1.82) is 0 Å². The third-order valence-corrected chi connectivity index (χ3v) is 5.89. The van der Waals surface area contributed by atoms with Crippen LogP contribution in [-0.4, -0.2) is 40.1 Å². The van der Waals surface area contributed by atoms with Crippen molar-refractivity contribution in [2.24, 2.45) is 0 Å². The lowest BCUT2D eigenvalue weighted by molar-refractivity contribution is -0.121. The summed E-state index contributed by atoms with van der Waals surface area (Å²) in [5.74, 6) is 0.552. The highest BCUT2D eigenvalue weighted by atomic mass is 79.9. The lowest BCUT2D eigenvalue weighted by Gasteiger charge is -2.34. The maximum absolute atomic E-state index is 13.5. The summed E-state index contributed by atoms with van der Waals surface area (Å²) < 4.78 is 19.9. The Morgan fingerprint density at radius 1 is 1.30 bits per heavy atom. The van der Waals surface area contributed by atoms with Crippen molar-refractivity contribution >= 4 is 27.5 Å². The molecule has 1 aromatic heterocycles. The second-order valence-corrected chi connectivity index (χ2v) is 8.39. The first-order valence-electron chi connectivity index (χ1n) is 9.89. The van der Waals surface area contributed by atoms with Crippen molar-refractivity contribution in [1.82, 2.24) is 15.0 Å². The Morgan fingerprint density at radius 3 is 2.87 bits per heavy atom. The van der Waals surface area contributed by atoms with Gasteiger partial charge in [-0.05, 0) is 62.7 Å². The summed E-state index contributed by atoms with van der Waals surface area (Å²) in [5.41, 5.74) is 1.35. The van der Waals surface area contributed by atoms with E-state index in [1.807, 2.05) is 31.2 Å². The van der Waals surface area contributed by atoms with Crippen LogP contribution < -0.4 is 5.32 Å². The summed E-state index contributed by atoms with van der Waals surface area (Å²) in [4.78, 5) is 19.3. The Labute approximate surface area is 182 Å². The zero-order valence-corrected chi connectivity index (χ0v) is 18.1. The van der Waals surface area contributed by atoms with E-state index >= 15 is 0 Å². The predicted molar refractivity (Wildman–Crippen MR) is 115 cm³/mol. The zero-order chi connectivity index (χ0) is 21.1. The van der Waals surface area contributed by atoms with E-state index in [0.29, 0.717) is 23.8 Å². The Balaban J connectivity index is 1.41. The fourth-order valence-corrected chi connectivity index (χ4v) is 3.92. The second-order valence-electron chi connectivity index (χ2n) is 7.47. The number of hydrogen-bond acceptors (Lipinski definition) is 5. The van der Waals surface area contributed by atoms with Gasteiger partial charge in [-0.2, -0.15) is 4.98 Å². The van der Waals surface area contributed by atoms with Gasteiger partial charge >= 0.3 is 0 Å². The van der Waals surface area contributed by atoms with Crippen molar-refractivity contribution in [3.63, 3.8) is 0 Å². The lowest BCUT2D eigenvalue weighted by Crippen LogP contribution is -2.46. The normalized spacial score (nSPS) is 18.2. The fraction of sp³-hybridized carbons (Fsp3) is 0.318. The summed E-state index contributed by atoms with van der Waals surface area (Å²) in [7, 11) is 0. The Kier molecular flexibility index (Phi) is 6.24. The molecule has 0 bridgehead atoms. The molecule has 2 heterocycles. The number of amides is 1. The molecule has 8 heteroatoms. The molecular formula is C22H22BrFN4O2. The van der Waals surface area contributed by atoms with Gasteiger partial charge in [0.2, 0.25) is 17.6 Å². The first-order valence-corrected chi connectivity index (χ1v) is 10.7. The Morgan fingerprint density at radius 2 is 2.10 bits per heavy atom. The third kappa shape index (κ3) is 4.76. The molecule has 0 saturated carbocycles. The maximum atomic E-state index is 13.5. The molecule has 0 aliphatic carbocycles. The molecule has 1 aliphatic rings. The van der Waals surface area contributed by atoms with Crippen molar-refractivity contribution < 1.29 is 13.7 Å². The number of piperidine rings is 1. The molecule has 4 rings (SSSR count). The minimum Gasteiger partial charge on any atom is -0.339 e. The quantitative estimate of drug-likeness (QED) is 0.574. The topological polar surface area (TPSA) is 71.3 Å². The van der Waals surface area contributed by atoms with Gasteiger partial charge in [-0.3, -0.25) is 9.69 Å². The summed E-state index contributed by atoms with van der Waals surface area (Å²) >= 11 is 3.39. The molecule has 0 spiro atoms. The summed E-state index contributed by atoms with van der Waals surface area (Å²) in [5, 5.41) is 6.98. The summed E-state index contributed by atoms with van der Waals surface area (Å²) in [6.45, 7) is 3.39. The van der Waals surface area contributed by atoms with Crippen LogP contribution in [0.1, 0.15) is 31.6 Å². The smallest absolute Gasteiger partial charge is 0.241 e. The predicted octanol–water partition coefficient (Wildman–Crippen LogP) is 4.84. The molecule has 2 aromatic carbocycles. The van der Waals surface area contributed by atoms with Crippen LogP contribution in [0.2, 0.25) is 0 Å². The van der Waals surface area contributed by atoms with Crippen LogP contribution in [0, 0.1) is 5.82 Å². The van der Waals surface area contributed by atoms with E-state index in [0.717, 1.165) is 29.5 Å². The maximum Gasteiger partial charge on any atom is 0.241 e. The molecule has 1 aliphatic heterocycles. The number of rotatable bonds is 5. The number of benzene rings is 2. The average Bonchev–Trinajstić information content (AvgIpc) is 3.25. The van der Waals surface area contributed by atoms with Crippen molar-refractivity contribution in [2.45, 2.75) is 31.7 Å². The van der Waals surface area contributed by atoms with Gasteiger partial charge in [0.1, 0.15) is 5.82 Å². The van der Waals surface area contributed by atoms with E-state index in [2.05, 4.69) is 36.3 Å². The van der Waals surface area contributed by atoms with Crippen LogP contribution >= 0.6 is 15.9 Å². The van der Waals surface area contributed by atoms with Gasteiger partial charge in [0.25, 0.3) is 0 Å². The van der Waals surface area contributed by atoms with Crippen molar-refractivity contribution in [2.75, 3.05) is 18.4 Å². The number of anilines is 1. The van der Waals surface area contributed by atoms with Crippen molar-refractivity contribution in [3.05, 3.63) is 64.7 Å². The SMILES string of the molecule is CC(C(=O)Nc1ccc(Br)cc1)N1CCCC(c2nc(-c3cccc(F)c3)no2)C1. The second kappa shape index (κ2) is 9.06. The van der Waals surface area contributed by atoms with Gasteiger partial charge in [0.15, 0.2) is 0 Å². The molecule has 156 valence electrons. The highest BCUT2D eigenvalue weighted by Gasteiger charge is 2.31. The van der Waals surface area contributed by atoms with Gasteiger partial charge < -0.3 is 9.84 Å². The van der Waals surface area contributed by atoms with Crippen LogP contribution in [0.3, 0.4) is 0 Å².